The van der Waals surface area contributed by atoms with Gasteiger partial charge < -0.3 is 15.4 Å². The largest absolute Gasteiger partial charge is 0.465 e. The van der Waals surface area contributed by atoms with Crippen molar-refractivity contribution < 1.29 is 23.5 Å². The molecule has 0 spiro atoms. The van der Waals surface area contributed by atoms with E-state index in [0.29, 0.717) is 22.2 Å². The summed E-state index contributed by atoms with van der Waals surface area (Å²) >= 11 is 2.74. The SMILES string of the molecule is COC(=O)c1c(NC(=O)CSc2cccc(NC(=O)c3ccccc3F)c2)sc2c1CCC(C)C2. The third kappa shape index (κ3) is 5.91. The Morgan fingerprint density at radius 2 is 1.94 bits per heavy atom. The number of carbonyl (C=O) groups is 3. The number of thioether (sulfide) groups is 1. The number of methoxy groups -OCH3 is 1. The number of hydrogen-bond acceptors (Lipinski definition) is 6. The first-order chi connectivity index (χ1) is 16.9. The van der Waals surface area contributed by atoms with Gasteiger partial charge in [-0.25, -0.2) is 9.18 Å². The van der Waals surface area contributed by atoms with Crippen LogP contribution in [-0.2, 0) is 22.4 Å². The summed E-state index contributed by atoms with van der Waals surface area (Å²) in [6.45, 7) is 2.18. The van der Waals surface area contributed by atoms with Crippen LogP contribution in [0.4, 0.5) is 15.1 Å². The van der Waals surface area contributed by atoms with Gasteiger partial charge >= 0.3 is 5.97 Å². The van der Waals surface area contributed by atoms with E-state index in [1.54, 1.807) is 24.3 Å². The van der Waals surface area contributed by atoms with Crippen LogP contribution in [0.25, 0.3) is 0 Å². The Bertz CT molecular complexity index is 1270. The summed E-state index contributed by atoms with van der Waals surface area (Å²) in [7, 11) is 1.34. The third-order valence-corrected chi connectivity index (χ3v) is 7.90. The number of fused-ring (bicyclic) bond motifs is 1. The van der Waals surface area contributed by atoms with E-state index in [0.717, 1.165) is 34.6 Å². The number of thiophene rings is 1. The van der Waals surface area contributed by atoms with Gasteiger partial charge in [-0.15, -0.1) is 23.1 Å². The molecule has 0 radical (unpaired) electrons. The number of benzene rings is 2. The zero-order valence-corrected chi connectivity index (χ0v) is 21.0. The van der Waals surface area contributed by atoms with E-state index >= 15 is 0 Å². The van der Waals surface area contributed by atoms with Crippen LogP contribution in [0.5, 0.6) is 0 Å². The predicted octanol–water partition coefficient (Wildman–Crippen LogP) is 5.78. The molecule has 1 heterocycles. The highest BCUT2D eigenvalue weighted by atomic mass is 32.2. The van der Waals surface area contributed by atoms with Gasteiger partial charge in [-0.2, -0.15) is 0 Å². The lowest BCUT2D eigenvalue weighted by Crippen LogP contribution is -2.17. The molecule has 2 aromatic carbocycles. The molecule has 0 saturated heterocycles. The van der Waals surface area contributed by atoms with Crippen molar-refractivity contribution in [3.05, 3.63) is 75.9 Å². The average molecular weight is 513 g/mol. The van der Waals surface area contributed by atoms with Gasteiger partial charge in [0.1, 0.15) is 10.8 Å². The number of hydrogen-bond donors (Lipinski definition) is 2. The Kier molecular flexibility index (Phi) is 7.87. The summed E-state index contributed by atoms with van der Waals surface area (Å²) in [6.07, 6.45) is 2.69. The Morgan fingerprint density at radius 1 is 1.14 bits per heavy atom. The molecule has 1 aliphatic rings. The van der Waals surface area contributed by atoms with Gasteiger partial charge in [-0.1, -0.05) is 25.1 Å². The van der Waals surface area contributed by atoms with Crippen molar-refractivity contribution in [1.29, 1.82) is 0 Å². The molecule has 35 heavy (non-hydrogen) atoms. The zero-order chi connectivity index (χ0) is 24.9. The molecule has 6 nitrogen and oxygen atoms in total. The quantitative estimate of drug-likeness (QED) is 0.310. The van der Waals surface area contributed by atoms with Crippen LogP contribution in [0.3, 0.4) is 0 Å². The maximum atomic E-state index is 13.9. The number of carbonyl (C=O) groups excluding carboxylic acids is 3. The minimum absolute atomic E-state index is 0.0422. The Morgan fingerprint density at radius 3 is 2.71 bits per heavy atom. The maximum Gasteiger partial charge on any atom is 0.341 e. The number of nitrogens with one attached hydrogen (secondary N) is 2. The number of amides is 2. The Balaban J connectivity index is 1.40. The molecule has 0 aliphatic heterocycles. The Hall–Kier alpha value is -3.17. The number of rotatable bonds is 7. The first-order valence-electron chi connectivity index (χ1n) is 11.2. The molecule has 9 heteroatoms. The van der Waals surface area contributed by atoms with Gasteiger partial charge in [0.2, 0.25) is 5.91 Å². The van der Waals surface area contributed by atoms with Crippen LogP contribution in [-0.4, -0.2) is 30.6 Å². The van der Waals surface area contributed by atoms with Crippen LogP contribution in [0, 0.1) is 11.7 Å². The lowest BCUT2D eigenvalue weighted by atomic mass is 9.88. The molecule has 1 atom stereocenters. The van der Waals surface area contributed by atoms with E-state index in [1.807, 2.05) is 6.07 Å². The second-order valence-corrected chi connectivity index (χ2v) is 10.5. The fourth-order valence-corrected chi connectivity index (χ4v) is 6.15. The van der Waals surface area contributed by atoms with E-state index in [2.05, 4.69) is 17.6 Å². The van der Waals surface area contributed by atoms with Gasteiger partial charge in [-0.05, 0) is 61.1 Å². The molecule has 1 aromatic heterocycles. The second kappa shape index (κ2) is 11.0. The molecule has 2 amide bonds. The lowest BCUT2D eigenvalue weighted by Gasteiger charge is -2.18. The van der Waals surface area contributed by atoms with Crippen molar-refractivity contribution in [1.82, 2.24) is 0 Å². The van der Waals surface area contributed by atoms with Crippen molar-refractivity contribution in [3.63, 3.8) is 0 Å². The molecular weight excluding hydrogens is 487 g/mol. The summed E-state index contributed by atoms with van der Waals surface area (Å²) < 4.78 is 18.8. The number of anilines is 2. The van der Waals surface area contributed by atoms with Crippen LogP contribution < -0.4 is 10.6 Å². The standard InChI is InChI=1S/C26H25FN2O4S2/c1-15-10-11-19-21(12-15)35-25(23(19)26(32)33-2)29-22(30)14-34-17-7-5-6-16(13-17)28-24(31)18-8-3-4-9-20(18)27/h3-9,13,15H,10-12,14H2,1-2H3,(H,28,31)(H,29,30). The second-order valence-electron chi connectivity index (χ2n) is 8.35. The summed E-state index contributed by atoms with van der Waals surface area (Å²) in [5, 5.41) is 6.11. The normalized spacial score (nSPS) is 14.7. The first-order valence-corrected chi connectivity index (χ1v) is 13.0. The summed E-state index contributed by atoms with van der Waals surface area (Å²) in [4.78, 5) is 39.4. The van der Waals surface area contributed by atoms with Crippen molar-refractivity contribution >= 4 is 51.6 Å². The van der Waals surface area contributed by atoms with E-state index in [1.165, 1.54) is 48.4 Å². The van der Waals surface area contributed by atoms with E-state index in [4.69, 9.17) is 4.74 Å². The van der Waals surface area contributed by atoms with Crippen LogP contribution in [0.15, 0.2) is 53.4 Å². The molecular formula is C26H25FN2O4S2. The van der Waals surface area contributed by atoms with Crippen molar-refractivity contribution in [2.75, 3.05) is 23.5 Å². The monoisotopic (exact) mass is 512 g/mol. The molecule has 1 aliphatic carbocycles. The predicted molar refractivity (Wildman–Crippen MR) is 137 cm³/mol. The Labute approximate surface area is 211 Å². The summed E-state index contributed by atoms with van der Waals surface area (Å²) in [5.74, 6) is -1.16. The lowest BCUT2D eigenvalue weighted by molar-refractivity contribution is -0.113. The molecule has 4 rings (SSSR count). The third-order valence-electron chi connectivity index (χ3n) is 5.73. The smallest absolute Gasteiger partial charge is 0.341 e. The van der Waals surface area contributed by atoms with Gasteiger partial charge in [0, 0.05) is 15.5 Å². The zero-order valence-electron chi connectivity index (χ0n) is 19.4. The number of esters is 1. The summed E-state index contributed by atoms with van der Waals surface area (Å²) in [5.41, 5.74) is 1.91. The van der Waals surface area contributed by atoms with Crippen molar-refractivity contribution in [3.8, 4) is 0 Å². The summed E-state index contributed by atoms with van der Waals surface area (Å²) in [6, 6.07) is 12.8. The van der Waals surface area contributed by atoms with Gasteiger partial charge in [0.15, 0.2) is 0 Å². The average Bonchev–Trinajstić information content (AvgIpc) is 3.19. The van der Waals surface area contributed by atoms with E-state index in [-0.39, 0.29) is 17.2 Å². The molecule has 3 aromatic rings. The molecule has 0 bridgehead atoms. The minimum Gasteiger partial charge on any atom is -0.465 e. The first kappa shape index (κ1) is 24.9. The fourth-order valence-electron chi connectivity index (χ4n) is 3.98. The van der Waals surface area contributed by atoms with Gasteiger partial charge in [-0.3, -0.25) is 9.59 Å². The topological polar surface area (TPSA) is 84.5 Å². The van der Waals surface area contributed by atoms with Crippen LogP contribution in [0.2, 0.25) is 0 Å². The number of halogens is 1. The molecule has 182 valence electrons. The molecule has 0 fully saturated rings. The maximum absolute atomic E-state index is 13.9. The van der Waals surface area contributed by atoms with Crippen LogP contribution in [0.1, 0.15) is 44.5 Å². The van der Waals surface area contributed by atoms with Crippen LogP contribution >= 0.6 is 23.1 Å². The van der Waals surface area contributed by atoms with Gasteiger partial charge in [0.05, 0.1) is 24.0 Å². The molecule has 1 unspecified atom stereocenters. The molecule has 2 N–H and O–H groups in total. The highest BCUT2D eigenvalue weighted by Gasteiger charge is 2.28. The number of ether oxygens (including phenoxy) is 1. The highest BCUT2D eigenvalue weighted by Crippen LogP contribution is 2.40. The molecule has 0 saturated carbocycles. The van der Waals surface area contributed by atoms with Crippen molar-refractivity contribution in [2.45, 2.75) is 31.1 Å². The van der Waals surface area contributed by atoms with E-state index < -0.39 is 17.7 Å². The highest BCUT2D eigenvalue weighted by molar-refractivity contribution is 8.00. The van der Waals surface area contributed by atoms with Gasteiger partial charge in [0.25, 0.3) is 5.91 Å². The fraction of sp³-hybridized carbons (Fsp3) is 0.269. The minimum atomic E-state index is -0.594. The van der Waals surface area contributed by atoms with Crippen molar-refractivity contribution in [2.24, 2.45) is 5.92 Å². The van der Waals surface area contributed by atoms with E-state index in [9.17, 15) is 18.8 Å².